The van der Waals surface area contributed by atoms with Crippen LogP contribution in [0.25, 0.3) is 0 Å². The van der Waals surface area contributed by atoms with Gasteiger partial charge >= 0.3 is 5.97 Å². The Morgan fingerprint density at radius 1 is 1.33 bits per heavy atom. The second-order valence-corrected chi connectivity index (χ2v) is 3.76. The van der Waals surface area contributed by atoms with Gasteiger partial charge in [0.15, 0.2) is 21.2 Å². The predicted molar refractivity (Wildman–Crippen MR) is 51.2 cm³/mol. The van der Waals surface area contributed by atoms with Crippen molar-refractivity contribution in [3.8, 4) is 0 Å². The molecule has 1 rings (SSSR count). The van der Waals surface area contributed by atoms with E-state index in [0.29, 0.717) is 5.56 Å². The van der Waals surface area contributed by atoms with Crippen molar-refractivity contribution < 1.29 is 12.6 Å². The van der Waals surface area contributed by atoms with E-state index in [1.54, 1.807) is 24.3 Å². The SMILES string of the molecule is COC(=O)c1ccc(I=O)cc1. The summed E-state index contributed by atoms with van der Waals surface area (Å²) in [6.45, 7) is 0. The molecule has 0 aromatic heterocycles. The monoisotopic (exact) mass is 278 g/mol. The Bertz CT molecular complexity index is 292. The summed E-state index contributed by atoms with van der Waals surface area (Å²) in [7, 11) is 1.33. The molecule has 0 radical (unpaired) electrons. The van der Waals surface area contributed by atoms with Crippen LogP contribution < -0.4 is 0 Å². The van der Waals surface area contributed by atoms with Gasteiger partial charge in [0.05, 0.1) is 12.7 Å². The van der Waals surface area contributed by atoms with Gasteiger partial charge in [-0.05, 0) is 24.3 Å². The second-order valence-electron chi connectivity index (χ2n) is 2.08. The number of hydrogen-bond acceptors (Lipinski definition) is 3. The summed E-state index contributed by atoms with van der Waals surface area (Å²) in [5.41, 5.74) is 0.485. The third kappa shape index (κ3) is 2.10. The molecule has 4 heteroatoms. The maximum atomic E-state index is 10.9. The summed E-state index contributed by atoms with van der Waals surface area (Å²) in [5.74, 6) is -0.370. The zero-order valence-corrected chi connectivity index (χ0v) is 8.57. The molecular formula is C8H7IO3. The minimum atomic E-state index is -1.13. The van der Waals surface area contributed by atoms with Crippen LogP contribution in [0.2, 0.25) is 0 Å². The van der Waals surface area contributed by atoms with Crippen molar-refractivity contribution in [1.82, 2.24) is 0 Å². The lowest BCUT2D eigenvalue weighted by atomic mass is 10.2. The van der Waals surface area contributed by atoms with Gasteiger partial charge in [-0.2, -0.15) is 0 Å². The van der Waals surface area contributed by atoms with E-state index in [0.717, 1.165) is 3.57 Å². The van der Waals surface area contributed by atoms with Crippen molar-refractivity contribution in [2.24, 2.45) is 0 Å². The van der Waals surface area contributed by atoms with E-state index in [9.17, 15) is 7.86 Å². The van der Waals surface area contributed by atoms with Crippen molar-refractivity contribution in [3.63, 3.8) is 0 Å². The van der Waals surface area contributed by atoms with Crippen molar-refractivity contribution >= 4 is 27.2 Å². The predicted octanol–water partition coefficient (Wildman–Crippen LogP) is 1.96. The molecule has 1 aromatic carbocycles. The van der Waals surface area contributed by atoms with Crippen LogP contribution in [0.15, 0.2) is 24.3 Å². The Labute approximate surface area is 80.4 Å². The molecule has 1 aromatic rings. The Hall–Kier alpha value is -0.780. The fourth-order valence-corrected chi connectivity index (χ4v) is 1.41. The lowest BCUT2D eigenvalue weighted by Gasteiger charge is -1.97. The Kier molecular flexibility index (Phi) is 3.33. The van der Waals surface area contributed by atoms with Gasteiger partial charge in [0.1, 0.15) is 0 Å². The molecule has 0 heterocycles. The molecule has 12 heavy (non-hydrogen) atoms. The highest BCUT2D eigenvalue weighted by Gasteiger charge is 2.03. The van der Waals surface area contributed by atoms with Crippen LogP contribution in [0.3, 0.4) is 0 Å². The standard InChI is InChI=1S/C8H7IO3/c1-12-8(10)6-2-4-7(9-11)5-3-6/h2-5H,1H3. The lowest BCUT2D eigenvalue weighted by Crippen LogP contribution is -2.00. The summed E-state index contributed by atoms with van der Waals surface area (Å²) in [6, 6.07) is 6.57. The third-order valence-corrected chi connectivity index (χ3v) is 2.58. The van der Waals surface area contributed by atoms with Crippen LogP contribution in [-0.4, -0.2) is 13.1 Å². The number of methoxy groups -OCH3 is 1. The van der Waals surface area contributed by atoms with E-state index in [4.69, 9.17) is 0 Å². The van der Waals surface area contributed by atoms with Crippen LogP contribution in [-0.2, 0) is 7.81 Å². The number of benzene rings is 1. The van der Waals surface area contributed by atoms with Crippen LogP contribution in [0, 0.1) is 3.57 Å². The first-order valence-electron chi connectivity index (χ1n) is 3.23. The largest absolute Gasteiger partial charge is 0.465 e. The minimum Gasteiger partial charge on any atom is -0.465 e. The van der Waals surface area contributed by atoms with Gasteiger partial charge in [0.25, 0.3) is 0 Å². The highest BCUT2D eigenvalue weighted by atomic mass is 127. The molecule has 0 spiro atoms. The fourth-order valence-electron chi connectivity index (χ4n) is 0.755. The number of carbonyl (C=O) groups is 1. The first-order valence-corrected chi connectivity index (χ1v) is 5.19. The molecule has 0 amide bonds. The Balaban J connectivity index is 2.91. The molecule has 0 bridgehead atoms. The second kappa shape index (κ2) is 4.30. The van der Waals surface area contributed by atoms with Gasteiger partial charge in [-0.15, -0.1) is 0 Å². The van der Waals surface area contributed by atoms with Crippen molar-refractivity contribution in [2.75, 3.05) is 7.11 Å². The first kappa shape index (κ1) is 9.31. The number of ether oxygens (including phenoxy) is 1. The van der Waals surface area contributed by atoms with Crippen molar-refractivity contribution in [3.05, 3.63) is 33.4 Å². The normalized spacial score (nSPS) is 9.42. The molecule has 0 saturated carbocycles. The number of carbonyl (C=O) groups excluding carboxylic acids is 1. The number of halogens is 1. The third-order valence-electron chi connectivity index (χ3n) is 1.35. The maximum absolute atomic E-state index is 10.9. The molecule has 3 nitrogen and oxygen atoms in total. The summed E-state index contributed by atoms with van der Waals surface area (Å²) in [5, 5.41) is 0. The topological polar surface area (TPSA) is 43.4 Å². The summed E-state index contributed by atoms with van der Waals surface area (Å²) in [4.78, 5) is 10.9. The van der Waals surface area contributed by atoms with Crippen molar-refractivity contribution in [1.29, 1.82) is 0 Å². The molecule has 0 saturated heterocycles. The molecule has 0 aliphatic rings. The molecule has 0 N–H and O–H groups in total. The lowest BCUT2D eigenvalue weighted by molar-refractivity contribution is 0.0600. The van der Waals surface area contributed by atoms with Crippen LogP contribution in [0.4, 0.5) is 0 Å². The van der Waals surface area contributed by atoms with E-state index in [1.165, 1.54) is 7.11 Å². The molecular weight excluding hydrogens is 271 g/mol. The van der Waals surface area contributed by atoms with E-state index in [2.05, 4.69) is 4.74 Å². The highest BCUT2D eigenvalue weighted by molar-refractivity contribution is 14.1. The Morgan fingerprint density at radius 3 is 2.33 bits per heavy atom. The summed E-state index contributed by atoms with van der Waals surface area (Å²) >= 11 is -1.13. The molecule has 0 fully saturated rings. The van der Waals surface area contributed by atoms with E-state index in [1.807, 2.05) is 0 Å². The highest BCUT2D eigenvalue weighted by Crippen LogP contribution is 2.11. The fraction of sp³-hybridized carbons (Fsp3) is 0.125. The number of rotatable bonds is 2. The molecule has 0 unspecified atom stereocenters. The van der Waals surface area contributed by atoms with Gasteiger partial charge in [-0.25, -0.2) is 4.79 Å². The van der Waals surface area contributed by atoms with E-state index < -0.39 is 21.2 Å². The van der Waals surface area contributed by atoms with Crippen molar-refractivity contribution in [2.45, 2.75) is 0 Å². The van der Waals surface area contributed by atoms with Crippen LogP contribution in [0.1, 0.15) is 10.4 Å². The maximum Gasteiger partial charge on any atom is 0.337 e. The minimum absolute atomic E-state index is 0.370. The summed E-state index contributed by atoms with van der Waals surface area (Å²) < 4.78 is 15.8. The van der Waals surface area contributed by atoms with E-state index in [-0.39, 0.29) is 5.97 Å². The molecule has 64 valence electrons. The summed E-state index contributed by atoms with van der Waals surface area (Å²) in [6.07, 6.45) is 0. The molecule has 0 aliphatic heterocycles. The zero-order chi connectivity index (χ0) is 8.97. The smallest absolute Gasteiger partial charge is 0.337 e. The molecule has 0 aliphatic carbocycles. The zero-order valence-electron chi connectivity index (χ0n) is 6.41. The van der Waals surface area contributed by atoms with Gasteiger partial charge in [-0.1, -0.05) is 0 Å². The van der Waals surface area contributed by atoms with E-state index >= 15 is 0 Å². The average molecular weight is 278 g/mol. The quantitative estimate of drug-likeness (QED) is 0.613. The van der Waals surface area contributed by atoms with Gasteiger partial charge < -0.3 is 4.74 Å². The van der Waals surface area contributed by atoms with Gasteiger partial charge in [0, 0.05) is 3.57 Å². The number of hydrogen-bond donors (Lipinski definition) is 0. The molecule has 0 atom stereocenters. The first-order chi connectivity index (χ1) is 5.77. The van der Waals surface area contributed by atoms with Crippen LogP contribution in [0.5, 0.6) is 0 Å². The number of esters is 1. The van der Waals surface area contributed by atoms with Gasteiger partial charge in [-0.3, -0.25) is 3.07 Å². The Morgan fingerprint density at radius 2 is 1.92 bits per heavy atom. The van der Waals surface area contributed by atoms with Gasteiger partial charge in [0.2, 0.25) is 0 Å². The van der Waals surface area contributed by atoms with Crippen LogP contribution >= 0.6 is 21.2 Å². The average Bonchev–Trinajstić information content (AvgIpc) is 2.17.